The second-order valence-corrected chi connectivity index (χ2v) is 4.58. The molecule has 0 radical (unpaired) electrons. The van der Waals surface area contributed by atoms with Crippen LogP contribution in [0.5, 0.6) is 0 Å². The van der Waals surface area contributed by atoms with Crippen LogP contribution in [-0.4, -0.2) is 22.6 Å². The molecule has 0 aliphatic heterocycles. The van der Waals surface area contributed by atoms with Crippen molar-refractivity contribution in [2.75, 3.05) is 11.9 Å². The highest BCUT2D eigenvalue weighted by Gasteiger charge is 2.11. The Balaban J connectivity index is 2.27. The van der Waals surface area contributed by atoms with Gasteiger partial charge < -0.3 is 10.4 Å². The minimum atomic E-state index is -0.202. The molecule has 0 bridgehead atoms. The summed E-state index contributed by atoms with van der Waals surface area (Å²) >= 11 is 0. The number of nitrogens with zero attached hydrogens (tertiary/aromatic N) is 1. The van der Waals surface area contributed by atoms with Crippen molar-refractivity contribution in [3.63, 3.8) is 0 Å². The van der Waals surface area contributed by atoms with Crippen molar-refractivity contribution in [3.05, 3.63) is 58.9 Å². The Morgan fingerprint density at radius 3 is 2.86 bits per heavy atom. The van der Waals surface area contributed by atoms with E-state index < -0.39 is 0 Å². The predicted molar refractivity (Wildman–Crippen MR) is 82.1 cm³/mol. The van der Waals surface area contributed by atoms with Gasteiger partial charge in [0.1, 0.15) is 6.61 Å². The number of pyridine rings is 1. The van der Waals surface area contributed by atoms with Gasteiger partial charge in [-0.3, -0.25) is 9.78 Å². The van der Waals surface area contributed by atoms with Gasteiger partial charge in [0.15, 0.2) is 0 Å². The van der Waals surface area contributed by atoms with Crippen LogP contribution in [0.25, 0.3) is 0 Å². The van der Waals surface area contributed by atoms with Gasteiger partial charge in [-0.15, -0.1) is 0 Å². The van der Waals surface area contributed by atoms with Crippen LogP contribution in [0, 0.1) is 25.7 Å². The van der Waals surface area contributed by atoms with Crippen LogP contribution in [0.2, 0.25) is 0 Å². The van der Waals surface area contributed by atoms with Crippen molar-refractivity contribution in [1.29, 1.82) is 0 Å². The van der Waals surface area contributed by atoms with E-state index in [9.17, 15) is 4.79 Å². The highest BCUT2D eigenvalue weighted by Crippen LogP contribution is 2.15. The van der Waals surface area contributed by atoms with Gasteiger partial charge in [-0.2, -0.15) is 0 Å². The number of amides is 1. The number of hydrogen-bond donors (Lipinski definition) is 2. The van der Waals surface area contributed by atoms with Crippen molar-refractivity contribution < 1.29 is 9.90 Å². The number of anilines is 1. The second-order valence-electron chi connectivity index (χ2n) is 4.58. The molecule has 2 rings (SSSR count). The fourth-order valence-electron chi connectivity index (χ4n) is 1.97. The quantitative estimate of drug-likeness (QED) is 0.830. The van der Waals surface area contributed by atoms with Gasteiger partial charge in [0, 0.05) is 28.7 Å². The highest BCUT2D eigenvalue weighted by atomic mass is 16.2. The summed E-state index contributed by atoms with van der Waals surface area (Å²) in [6.45, 7) is 3.51. The summed E-state index contributed by atoms with van der Waals surface area (Å²) in [5.41, 5.74) is 3.64. The van der Waals surface area contributed by atoms with Gasteiger partial charge in [-0.25, -0.2) is 0 Å². The van der Waals surface area contributed by atoms with Crippen LogP contribution in [0.1, 0.15) is 27.2 Å². The monoisotopic (exact) mass is 280 g/mol. The lowest BCUT2D eigenvalue weighted by molar-refractivity contribution is 0.102. The predicted octanol–water partition coefficient (Wildman–Crippen LogP) is 2.29. The number of aryl methyl sites for hydroxylation is 1. The molecule has 0 aliphatic carbocycles. The summed E-state index contributed by atoms with van der Waals surface area (Å²) < 4.78 is 0. The Labute approximate surface area is 123 Å². The van der Waals surface area contributed by atoms with E-state index in [0.29, 0.717) is 11.3 Å². The first kappa shape index (κ1) is 14.8. The van der Waals surface area contributed by atoms with Gasteiger partial charge in [0.25, 0.3) is 5.91 Å². The average molecular weight is 280 g/mol. The van der Waals surface area contributed by atoms with Gasteiger partial charge in [0.2, 0.25) is 0 Å². The molecule has 0 saturated carbocycles. The highest BCUT2D eigenvalue weighted by molar-refractivity contribution is 6.05. The van der Waals surface area contributed by atoms with Crippen molar-refractivity contribution in [3.8, 4) is 11.8 Å². The van der Waals surface area contributed by atoms with E-state index in [4.69, 9.17) is 5.11 Å². The maximum absolute atomic E-state index is 12.3. The summed E-state index contributed by atoms with van der Waals surface area (Å²) in [5, 5.41) is 11.6. The van der Waals surface area contributed by atoms with Gasteiger partial charge in [-0.1, -0.05) is 17.9 Å². The molecule has 4 nitrogen and oxygen atoms in total. The van der Waals surface area contributed by atoms with Crippen molar-refractivity contribution in [2.45, 2.75) is 13.8 Å². The Bertz CT molecular complexity index is 727. The SMILES string of the molecule is Cc1cc(NC(=O)c2cccc(C#CCO)c2C)ccn1. The standard InChI is InChI=1S/C17H16N2O2/c1-12-11-15(8-9-18-12)19-17(21)16-7-3-5-14(13(16)2)6-4-10-20/h3,5,7-9,11,20H,10H2,1-2H3,(H,18,19,21). The van der Waals surface area contributed by atoms with E-state index in [2.05, 4.69) is 22.1 Å². The molecular weight excluding hydrogens is 264 g/mol. The average Bonchev–Trinajstić information content (AvgIpc) is 2.46. The molecule has 1 amide bonds. The Morgan fingerprint density at radius 1 is 1.33 bits per heavy atom. The molecule has 2 N–H and O–H groups in total. The van der Waals surface area contributed by atoms with E-state index in [-0.39, 0.29) is 12.5 Å². The van der Waals surface area contributed by atoms with Crippen molar-refractivity contribution in [2.24, 2.45) is 0 Å². The topological polar surface area (TPSA) is 62.2 Å². The first-order valence-corrected chi connectivity index (χ1v) is 6.55. The number of aliphatic hydroxyl groups is 1. The van der Waals surface area contributed by atoms with E-state index in [1.807, 2.05) is 26.0 Å². The first-order chi connectivity index (χ1) is 10.1. The van der Waals surface area contributed by atoms with Crippen LogP contribution >= 0.6 is 0 Å². The number of aliphatic hydroxyl groups excluding tert-OH is 1. The summed E-state index contributed by atoms with van der Waals surface area (Å²) in [5.74, 6) is 5.25. The lowest BCUT2D eigenvalue weighted by Gasteiger charge is -2.09. The molecule has 1 heterocycles. The van der Waals surface area contributed by atoms with E-state index in [1.54, 1.807) is 24.4 Å². The van der Waals surface area contributed by atoms with E-state index >= 15 is 0 Å². The fraction of sp³-hybridized carbons (Fsp3) is 0.176. The smallest absolute Gasteiger partial charge is 0.255 e. The van der Waals surface area contributed by atoms with Crippen LogP contribution < -0.4 is 5.32 Å². The summed E-state index contributed by atoms with van der Waals surface area (Å²) in [7, 11) is 0. The molecule has 106 valence electrons. The molecule has 0 aliphatic rings. The molecule has 0 fully saturated rings. The summed E-state index contributed by atoms with van der Waals surface area (Å²) in [6, 6.07) is 8.91. The summed E-state index contributed by atoms with van der Waals surface area (Å²) in [6.07, 6.45) is 1.65. The Kier molecular flexibility index (Phi) is 4.70. The van der Waals surface area contributed by atoms with Crippen LogP contribution in [-0.2, 0) is 0 Å². The molecule has 2 aromatic rings. The zero-order chi connectivity index (χ0) is 15.2. The molecule has 1 aromatic heterocycles. The maximum atomic E-state index is 12.3. The minimum absolute atomic E-state index is 0.189. The molecule has 21 heavy (non-hydrogen) atoms. The maximum Gasteiger partial charge on any atom is 0.255 e. The van der Waals surface area contributed by atoms with E-state index in [0.717, 1.165) is 16.8 Å². The Hall–Kier alpha value is -2.64. The van der Waals surface area contributed by atoms with Crippen LogP contribution in [0.3, 0.4) is 0 Å². The third-order valence-corrected chi connectivity index (χ3v) is 3.04. The fourth-order valence-corrected chi connectivity index (χ4v) is 1.97. The van der Waals surface area contributed by atoms with Crippen LogP contribution in [0.4, 0.5) is 5.69 Å². The molecule has 4 heteroatoms. The summed E-state index contributed by atoms with van der Waals surface area (Å²) in [4.78, 5) is 16.4. The third-order valence-electron chi connectivity index (χ3n) is 3.04. The Morgan fingerprint density at radius 2 is 2.14 bits per heavy atom. The van der Waals surface area contributed by atoms with Crippen LogP contribution in [0.15, 0.2) is 36.5 Å². The third kappa shape index (κ3) is 3.68. The largest absolute Gasteiger partial charge is 0.384 e. The van der Waals surface area contributed by atoms with Crippen molar-refractivity contribution >= 4 is 11.6 Å². The first-order valence-electron chi connectivity index (χ1n) is 6.55. The van der Waals surface area contributed by atoms with E-state index in [1.165, 1.54) is 0 Å². The number of benzene rings is 1. The number of rotatable bonds is 2. The molecule has 0 spiro atoms. The molecule has 0 saturated heterocycles. The number of carbonyl (C=O) groups is 1. The van der Waals surface area contributed by atoms with Gasteiger partial charge in [0.05, 0.1) is 0 Å². The second kappa shape index (κ2) is 6.69. The van der Waals surface area contributed by atoms with Gasteiger partial charge >= 0.3 is 0 Å². The van der Waals surface area contributed by atoms with Crippen molar-refractivity contribution in [1.82, 2.24) is 4.98 Å². The van der Waals surface area contributed by atoms with Gasteiger partial charge in [-0.05, 0) is 43.7 Å². The molecule has 0 atom stereocenters. The lowest BCUT2D eigenvalue weighted by Crippen LogP contribution is -2.14. The zero-order valence-electron chi connectivity index (χ0n) is 12.0. The minimum Gasteiger partial charge on any atom is -0.384 e. The molecular formula is C17H16N2O2. The lowest BCUT2D eigenvalue weighted by atomic mass is 10.0. The number of nitrogens with one attached hydrogen (secondary N) is 1. The molecule has 1 aromatic carbocycles. The molecule has 0 unspecified atom stereocenters. The number of aromatic nitrogens is 1. The number of hydrogen-bond acceptors (Lipinski definition) is 3. The zero-order valence-corrected chi connectivity index (χ0v) is 12.0. The number of carbonyl (C=O) groups excluding carboxylic acids is 1. The normalized spacial score (nSPS) is 9.67.